The van der Waals surface area contributed by atoms with Gasteiger partial charge in [0.2, 0.25) is 0 Å². The molecule has 0 amide bonds. The zero-order valence-electron chi connectivity index (χ0n) is 17.8. The summed E-state index contributed by atoms with van der Waals surface area (Å²) < 4.78 is 2.47. The molecule has 0 spiro atoms. The Hall–Kier alpha value is -3.30. The molecular weight excluding hydrogens is 396 g/mol. The van der Waals surface area contributed by atoms with Gasteiger partial charge in [0, 0.05) is 15.6 Å². The first-order valence-electron chi connectivity index (χ1n) is 10.7. The Labute approximate surface area is 185 Å². The van der Waals surface area contributed by atoms with Crippen molar-refractivity contribution in [3.05, 3.63) is 84.2 Å². The van der Waals surface area contributed by atoms with Gasteiger partial charge in [-0.25, -0.2) is 9.97 Å². The molecule has 0 bridgehead atoms. The molecule has 0 N–H and O–H groups in total. The van der Waals surface area contributed by atoms with Crippen molar-refractivity contribution in [1.82, 2.24) is 9.97 Å². The summed E-state index contributed by atoms with van der Waals surface area (Å²) in [5.74, 6) is 1.27. The van der Waals surface area contributed by atoms with E-state index in [2.05, 4.69) is 86.6 Å². The highest BCUT2D eigenvalue weighted by Crippen LogP contribution is 2.43. The molecule has 150 valence electrons. The molecule has 0 aliphatic rings. The maximum atomic E-state index is 4.92. The fourth-order valence-electron chi connectivity index (χ4n) is 4.62. The molecule has 31 heavy (non-hydrogen) atoms. The molecule has 2 heterocycles. The second-order valence-electron chi connectivity index (χ2n) is 8.50. The topological polar surface area (TPSA) is 25.8 Å². The number of hydrogen-bond donors (Lipinski definition) is 0. The van der Waals surface area contributed by atoms with E-state index in [0.717, 1.165) is 22.6 Å². The van der Waals surface area contributed by atoms with Crippen LogP contribution >= 0.6 is 11.3 Å². The lowest BCUT2D eigenvalue weighted by molar-refractivity contribution is 0.878. The minimum atomic E-state index is 0.451. The van der Waals surface area contributed by atoms with Crippen molar-refractivity contribution < 1.29 is 0 Å². The van der Waals surface area contributed by atoms with E-state index in [1.165, 1.54) is 41.9 Å². The van der Waals surface area contributed by atoms with Crippen LogP contribution in [-0.4, -0.2) is 9.97 Å². The molecule has 0 fully saturated rings. The van der Waals surface area contributed by atoms with Crippen molar-refractivity contribution in [3.8, 4) is 11.3 Å². The van der Waals surface area contributed by atoms with E-state index in [1.807, 2.05) is 18.3 Å². The molecule has 0 unspecified atom stereocenters. The van der Waals surface area contributed by atoms with Crippen molar-refractivity contribution >= 4 is 53.2 Å². The van der Waals surface area contributed by atoms with Crippen molar-refractivity contribution in [3.63, 3.8) is 0 Å². The summed E-state index contributed by atoms with van der Waals surface area (Å²) in [5, 5.41) is 6.38. The van der Waals surface area contributed by atoms with Gasteiger partial charge in [0.05, 0.1) is 15.9 Å². The highest BCUT2D eigenvalue weighted by Gasteiger charge is 2.18. The quantitative estimate of drug-likeness (QED) is 0.283. The second-order valence-corrected chi connectivity index (χ2v) is 9.52. The zero-order valence-corrected chi connectivity index (χ0v) is 18.6. The van der Waals surface area contributed by atoms with Gasteiger partial charge in [-0.1, -0.05) is 74.5 Å². The Morgan fingerprint density at radius 1 is 0.710 bits per heavy atom. The lowest BCUT2D eigenvalue weighted by Gasteiger charge is -2.11. The van der Waals surface area contributed by atoms with Crippen LogP contribution in [0.2, 0.25) is 0 Å². The summed E-state index contributed by atoms with van der Waals surface area (Å²) in [6, 6.07) is 26.2. The van der Waals surface area contributed by atoms with Gasteiger partial charge >= 0.3 is 0 Å². The first kappa shape index (κ1) is 18.5. The van der Waals surface area contributed by atoms with Crippen LogP contribution in [0.25, 0.3) is 53.1 Å². The third kappa shape index (κ3) is 2.84. The van der Waals surface area contributed by atoms with E-state index in [1.54, 1.807) is 0 Å². The van der Waals surface area contributed by atoms with Gasteiger partial charge in [-0.05, 0) is 52.1 Å². The monoisotopic (exact) mass is 418 g/mol. The predicted octanol–water partition coefficient (Wildman–Crippen LogP) is 8.25. The number of nitrogens with zero attached hydrogens (tertiary/aromatic N) is 2. The summed E-state index contributed by atoms with van der Waals surface area (Å²) in [6.45, 7) is 6.53. The Morgan fingerprint density at radius 2 is 1.45 bits per heavy atom. The summed E-state index contributed by atoms with van der Waals surface area (Å²) in [7, 11) is 0. The Bertz CT molecular complexity index is 1630. The van der Waals surface area contributed by atoms with Gasteiger partial charge in [-0.15, -0.1) is 11.3 Å². The van der Waals surface area contributed by atoms with Crippen LogP contribution < -0.4 is 0 Å². The van der Waals surface area contributed by atoms with E-state index in [-0.39, 0.29) is 0 Å². The lowest BCUT2D eigenvalue weighted by Crippen LogP contribution is -1.93. The minimum absolute atomic E-state index is 0.451. The standard InChI is InChI=1S/C28H22N2S/c1-16(2)23-15-24-26-28(31-27(24)22-11-7-6-10-21(22)23)25(29-17(3)30-26)20-13-12-18-8-4-5-9-19(18)14-20/h4-16H,1-3H3. The second kappa shape index (κ2) is 6.86. The van der Waals surface area contributed by atoms with Crippen LogP contribution in [0, 0.1) is 6.92 Å². The molecule has 0 aliphatic carbocycles. The molecule has 6 aromatic rings. The SMILES string of the molecule is Cc1nc(-c2ccc3ccccc3c2)c2sc3c4ccccc4c(C(C)C)cc3c2n1. The van der Waals surface area contributed by atoms with Gasteiger partial charge in [0.15, 0.2) is 0 Å². The largest absolute Gasteiger partial charge is 0.232 e. The molecule has 0 saturated carbocycles. The highest BCUT2D eigenvalue weighted by atomic mass is 32.1. The fourth-order valence-corrected chi connectivity index (χ4v) is 5.89. The minimum Gasteiger partial charge on any atom is -0.232 e. The predicted molar refractivity (Wildman–Crippen MR) is 134 cm³/mol. The summed E-state index contributed by atoms with van der Waals surface area (Å²) in [6.07, 6.45) is 0. The first-order chi connectivity index (χ1) is 15.1. The molecule has 0 radical (unpaired) electrons. The summed E-state index contributed by atoms with van der Waals surface area (Å²) in [4.78, 5) is 9.83. The Morgan fingerprint density at radius 3 is 2.26 bits per heavy atom. The van der Waals surface area contributed by atoms with Crippen LogP contribution in [0.15, 0.2) is 72.8 Å². The van der Waals surface area contributed by atoms with Crippen molar-refractivity contribution in [2.45, 2.75) is 26.7 Å². The number of benzene rings is 4. The van der Waals surface area contributed by atoms with E-state index < -0.39 is 0 Å². The normalized spacial score (nSPS) is 12.0. The van der Waals surface area contributed by atoms with Crippen LogP contribution in [-0.2, 0) is 0 Å². The van der Waals surface area contributed by atoms with Gasteiger partial charge in [-0.2, -0.15) is 0 Å². The van der Waals surface area contributed by atoms with E-state index in [9.17, 15) is 0 Å². The lowest BCUT2D eigenvalue weighted by atomic mass is 9.94. The number of thiophene rings is 1. The number of rotatable bonds is 2. The molecular formula is C28H22N2S. The molecule has 0 atom stereocenters. The molecule has 6 rings (SSSR count). The number of aryl methyl sites for hydroxylation is 1. The Balaban J connectivity index is 1.74. The third-order valence-electron chi connectivity index (χ3n) is 6.11. The summed E-state index contributed by atoms with van der Waals surface area (Å²) in [5.41, 5.74) is 4.63. The van der Waals surface area contributed by atoms with Gasteiger partial charge in [-0.3, -0.25) is 0 Å². The zero-order chi connectivity index (χ0) is 21.1. The molecule has 0 aliphatic heterocycles. The third-order valence-corrected chi connectivity index (χ3v) is 7.34. The highest BCUT2D eigenvalue weighted by molar-refractivity contribution is 7.27. The molecule has 4 aromatic carbocycles. The van der Waals surface area contributed by atoms with E-state index in [0.29, 0.717) is 5.92 Å². The maximum Gasteiger partial charge on any atom is 0.126 e. The number of fused-ring (bicyclic) bond motifs is 6. The van der Waals surface area contributed by atoms with Gasteiger partial charge < -0.3 is 0 Å². The van der Waals surface area contributed by atoms with E-state index >= 15 is 0 Å². The molecule has 3 heteroatoms. The van der Waals surface area contributed by atoms with Crippen LogP contribution in [0.1, 0.15) is 31.2 Å². The smallest absolute Gasteiger partial charge is 0.126 e. The number of hydrogen-bond acceptors (Lipinski definition) is 3. The van der Waals surface area contributed by atoms with E-state index in [4.69, 9.17) is 9.97 Å². The van der Waals surface area contributed by atoms with Gasteiger partial charge in [0.1, 0.15) is 5.82 Å². The van der Waals surface area contributed by atoms with Crippen LogP contribution in [0.4, 0.5) is 0 Å². The molecule has 0 saturated heterocycles. The maximum absolute atomic E-state index is 4.92. The first-order valence-corrected chi connectivity index (χ1v) is 11.5. The number of aromatic nitrogens is 2. The van der Waals surface area contributed by atoms with Crippen molar-refractivity contribution in [2.24, 2.45) is 0 Å². The molecule has 2 nitrogen and oxygen atoms in total. The average molecular weight is 419 g/mol. The average Bonchev–Trinajstić information content (AvgIpc) is 3.16. The summed E-state index contributed by atoms with van der Waals surface area (Å²) >= 11 is 1.82. The van der Waals surface area contributed by atoms with Crippen LogP contribution in [0.5, 0.6) is 0 Å². The van der Waals surface area contributed by atoms with Crippen LogP contribution in [0.3, 0.4) is 0 Å². The molecule has 2 aromatic heterocycles. The van der Waals surface area contributed by atoms with Crippen molar-refractivity contribution in [2.75, 3.05) is 0 Å². The fraction of sp³-hybridized carbons (Fsp3) is 0.143. The van der Waals surface area contributed by atoms with Gasteiger partial charge in [0.25, 0.3) is 0 Å². The van der Waals surface area contributed by atoms with Crippen molar-refractivity contribution in [1.29, 1.82) is 0 Å². The Kier molecular flexibility index (Phi) is 4.09.